The van der Waals surface area contributed by atoms with Gasteiger partial charge in [0.2, 0.25) is 0 Å². The highest BCUT2D eigenvalue weighted by Crippen LogP contribution is 2.29. The predicted octanol–water partition coefficient (Wildman–Crippen LogP) is 3.06. The van der Waals surface area contributed by atoms with Gasteiger partial charge in [0.1, 0.15) is 6.10 Å². The average Bonchev–Trinajstić information content (AvgIpc) is 3.16. The molecule has 0 aromatic rings. The van der Waals surface area contributed by atoms with Crippen LogP contribution in [0.3, 0.4) is 0 Å². The molecule has 0 saturated carbocycles. The van der Waals surface area contributed by atoms with Crippen LogP contribution in [0.25, 0.3) is 0 Å². The minimum Gasteiger partial charge on any atom is -0.377 e. The van der Waals surface area contributed by atoms with E-state index in [1.54, 1.807) is 0 Å². The standard InChI is InChI=1S/C17H24O2/c1-3-5-6-7-10-13-16-17(19-16)14-11-8-9-12-15(18)4-2/h4,15-18H,2-3,5-7,10,13-14H2,1H3/t15?,16-,17+/m1/s1. The summed E-state index contributed by atoms with van der Waals surface area (Å²) in [4.78, 5) is 0. The van der Waals surface area contributed by atoms with Crippen molar-refractivity contribution < 1.29 is 9.84 Å². The summed E-state index contributed by atoms with van der Waals surface area (Å²) in [6.45, 7) is 5.67. The molecule has 104 valence electrons. The van der Waals surface area contributed by atoms with Gasteiger partial charge < -0.3 is 9.84 Å². The lowest BCUT2D eigenvalue weighted by molar-refractivity contribution is 0.281. The Labute approximate surface area is 117 Å². The second kappa shape index (κ2) is 9.68. The molecule has 1 rings (SSSR count). The third-order valence-electron chi connectivity index (χ3n) is 3.18. The molecule has 2 heteroatoms. The van der Waals surface area contributed by atoms with Crippen molar-refractivity contribution in [2.24, 2.45) is 0 Å². The molecule has 1 aliphatic rings. The molecule has 0 aromatic carbocycles. The molecule has 1 fully saturated rings. The number of epoxide rings is 1. The van der Waals surface area contributed by atoms with E-state index in [-0.39, 0.29) is 0 Å². The third-order valence-corrected chi connectivity index (χ3v) is 3.18. The Morgan fingerprint density at radius 3 is 2.74 bits per heavy atom. The van der Waals surface area contributed by atoms with Gasteiger partial charge in [-0.3, -0.25) is 0 Å². The zero-order valence-electron chi connectivity index (χ0n) is 11.8. The lowest BCUT2D eigenvalue weighted by atomic mass is 10.1. The van der Waals surface area contributed by atoms with E-state index in [1.165, 1.54) is 38.2 Å². The van der Waals surface area contributed by atoms with E-state index < -0.39 is 6.10 Å². The van der Waals surface area contributed by atoms with Gasteiger partial charge in [-0.2, -0.15) is 0 Å². The smallest absolute Gasteiger partial charge is 0.134 e. The summed E-state index contributed by atoms with van der Waals surface area (Å²) in [5, 5.41) is 9.10. The minimum atomic E-state index is -0.776. The van der Waals surface area contributed by atoms with E-state index in [0.717, 1.165) is 12.8 Å². The SMILES string of the molecule is C=CC(O)C#CC#CC[C@@H]1O[C@@H]1CCCCCCC. The van der Waals surface area contributed by atoms with Gasteiger partial charge in [0.15, 0.2) is 0 Å². The second-order valence-electron chi connectivity index (χ2n) is 4.87. The van der Waals surface area contributed by atoms with Gasteiger partial charge in [0.25, 0.3) is 0 Å². The van der Waals surface area contributed by atoms with Gasteiger partial charge in [-0.15, -0.1) is 0 Å². The third kappa shape index (κ3) is 7.73. The van der Waals surface area contributed by atoms with Crippen LogP contribution in [0.5, 0.6) is 0 Å². The van der Waals surface area contributed by atoms with Crippen LogP contribution < -0.4 is 0 Å². The summed E-state index contributed by atoms with van der Waals surface area (Å²) in [6.07, 6.45) is 9.80. The van der Waals surface area contributed by atoms with E-state index in [9.17, 15) is 0 Å². The van der Waals surface area contributed by atoms with Crippen LogP contribution in [-0.4, -0.2) is 23.4 Å². The summed E-state index contributed by atoms with van der Waals surface area (Å²) >= 11 is 0. The first-order valence-corrected chi connectivity index (χ1v) is 7.22. The number of unbranched alkanes of at least 4 members (excludes halogenated alkanes) is 4. The van der Waals surface area contributed by atoms with Crippen molar-refractivity contribution in [1.29, 1.82) is 0 Å². The van der Waals surface area contributed by atoms with E-state index >= 15 is 0 Å². The zero-order valence-corrected chi connectivity index (χ0v) is 11.8. The number of ether oxygens (including phenoxy) is 1. The Kier molecular flexibility index (Phi) is 8.07. The number of aliphatic hydroxyl groups excluding tert-OH is 1. The number of hydrogen-bond acceptors (Lipinski definition) is 2. The van der Waals surface area contributed by atoms with Gasteiger partial charge in [-0.25, -0.2) is 0 Å². The van der Waals surface area contributed by atoms with Crippen LogP contribution >= 0.6 is 0 Å². The fourth-order valence-corrected chi connectivity index (χ4v) is 1.93. The first-order valence-electron chi connectivity index (χ1n) is 7.22. The van der Waals surface area contributed by atoms with E-state index in [4.69, 9.17) is 9.84 Å². The van der Waals surface area contributed by atoms with Crippen LogP contribution in [-0.2, 0) is 4.74 Å². The zero-order chi connectivity index (χ0) is 13.9. The highest BCUT2D eigenvalue weighted by atomic mass is 16.6. The van der Waals surface area contributed by atoms with Gasteiger partial charge >= 0.3 is 0 Å². The monoisotopic (exact) mass is 260 g/mol. The van der Waals surface area contributed by atoms with Gasteiger partial charge in [0, 0.05) is 6.42 Å². The molecule has 19 heavy (non-hydrogen) atoms. The highest BCUT2D eigenvalue weighted by Gasteiger charge is 2.36. The maximum Gasteiger partial charge on any atom is 0.134 e. The maximum atomic E-state index is 9.10. The van der Waals surface area contributed by atoms with Crippen LogP contribution in [0.1, 0.15) is 51.9 Å². The molecular weight excluding hydrogens is 236 g/mol. The second-order valence-corrected chi connectivity index (χ2v) is 4.87. The van der Waals surface area contributed by atoms with Crippen molar-refractivity contribution in [3.05, 3.63) is 12.7 Å². The molecule has 0 amide bonds. The quantitative estimate of drug-likeness (QED) is 0.315. The molecule has 2 nitrogen and oxygen atoms in total. The molecule has 3 atom stereocenters. The lowest BCUT2D eigenvalue weighted by Crippen LogP contribution is -1.94. The van der Waals surface area contributed by atoms with Crippen LogP contribution in [0.15, 0.2) is 12.7 Å². The van der Waals surface area contributed by atoms with Crippen molar-refractivity contribution in [3.8, 4) is 23.7 Å². The Balaban J connectivity index is 2.03. The van der Waals surface area contributed by atoms with Crippen molar-refractivity contribution in [2.75, 3.05) is 0 Å². The van der Waals surface area contributed by atoms with Crippen molar-refractivity contribution in [2.45, 2.75) is 70.2 Å². The van der Waals surface area contributed by atoms with E-state index in [2.05, 4.69) is 37.2 Å². The fourth-order valence-electron chi connectivity index (χ4n) is 1.93. The van der Waals surface area contributed by atoms with Gasteiger partial charge in [0.05, 0.1) is 12.2 Å². The number of hydrogen-bond donors (Lipinski definition) is 1. The maximum absolute atomic E-state index is 9.10. The van der Waals surface area contributed by atoms with Gasteiger partial charge in [-0.1, -0.05) is 63.5 Å². The summed E-state index contributed by atoms with van der Waals surface area (Å²) in [5.74, 6) is 10.9. The summed E-state index contributed by atoms with van der Waals surface area (Å²) < 4.78 is 5.56. The summed E-state index contributed by atoms with van der Waals surface area (Å²) in [5.41, 5.74) is 0. The average molecular weight is 260 g/mol. The number of aliphatic hydroxyl groups is 1. The van der Waals surface area contributed by atoms with Gasteiger partial charge in [-0.05, 0) is 18.3 Å². The molecule has 1 N–H and O–H groups in total. The van der Waals surface area contributed by atoms with Crippen molar-refractivity contribution in [3.63, 3.8) is 0 Å². The molecule has 1 aliphatic heterocycles. The molecule has 0 spiro atoms. The minimum absolute atomic E-state index is 0.310. The largest absolute Gasteiger partial charge is 0.377 e. The Hall–Kier alpha value is -1.22. The van der Waals surface area contributed by atoms with Crippen molar-refractivity contribution >= 4 is 0 Å². The molecule has 0 aromatic heterocycles. The first kappa shape index (κ1) is 15.8. The Morgan fingerprint density at radius 1 is 1.21 bits per heavy atom. The Morgan fingerprint density at radius 2 is 2.00 bits per heavy atom. The predicted molar refractivity (Wildman–Crippen MR) is 78.4 cm³/mol. The molecule has 1 saturated heterocycles. The highest BCUT2D eigenvalue weighted by molar-refractivity contribution is 5.29. The Bertz CT molecular complexity index is 378. The fraction of sp³-hybridized carbons (Fsp3) is 0.647. The van der Waals surface area contributed by atoms with E-state index in [1.807, 2.05) is 0 Å². The normalized spacial score (nSPS) is 21.6. The van der Waals surface area contributed by atoms with Crippen molar-refractivity contribution in [1.82, 2.24) is 0 Å². The van der Waals surface area contributed by atoms with Crippen LogP contribution in [0, 0.1) is 23.7 Å². The molecule has 1 heterocycles. The topological polar surface area (TPSA) is 32.8 Å². The molecule has 0 radical (unpaired) electrons. The number of rotatable bonds is 8. The molecule has 0 aliphatic carbocycles. The first-order chi connectivity index (χ1) is 9.27. The van der Waals surface area contributed by atoms with Crippen LogP contribution in [0.4, 0.5) is 0 Å². The lowest BCUT2D eigenvalue weighted by Gasteiger charge is -1.96. The summed E-state index contributed by atoms with van der Waals surface area (Å²) in [7, 11) is 0. The molecule has 1 unspecified atom stereocenters. The van der Waals surface area contributed by atoms with E-state index in [0.29, 0.717) is 12.2 Å². The molecular formula is C17H24O2. The van der Waals surface area contributed by atoms with Crippen LogP contribution in [0.2, 0.25) is 0 Å². The molecule has 0 bridgehead atoms. The summed E-state index contributed by atoms with van der Waals surface area (Å²) in [6, 6.07) is 0.